The van der Waals surface area contributed by atoms with Crippen LogP contribution in [0.25, 0.3) is 10.8 Å². The molecule has 0 amide bonds. The molecule has 0 aromatic heterocycles. The number of ether oxygens (including phenoxy) is 3. The number of hydrogen-bond acceptors (Lipinski definition) is 4. The summed E-state index contributed by atoms with van der Waals surface area (Å²) >= 11 is 0. The van der Waals surface area contributed by atoms with Crippen LogP contribution in [0.2, 0.25) is 0 Å². The van der Waals surface area contributed by atoms with Crippen LogP contribution in [0.5, 0.6) is 5.75 Å². The molecule has 0 radical (unpaired) electrons. The van der Waals surface area contributed by atoms with E-state index in [0.29, 0.717) is 25.4 Å². The first-order valence-electron chi connectivity index (χ1n) is 7.61. The van der Waals surface area contributed by atoms with E-state index in [1.54, 1.807) is 6.92 Å². The molecule has 0 aliphatic carbocycles. The van der Waals surface area contributed by atoms with Crippen molar-refractivity contribution in [2.75, 3.05) is 26.4 Å². The highest BCUT2D eigenvalue weighted by molar-refractivity contribution is 5.87. The van der Waals surface area contributed by atoms with Gasteiger partial charge in [0.2, 0.25) is 0 Å². The third-order valence-electron chi connectivity index (χ3n) is 3.44. The fourth-order valence-electron chi connectivity index (χ4n) is 2.19. The summed E-state index contributed by atoms with van der Waals surface area (Å²) in [6.07, 6.45) is 0. The van der Waals surface area contributed by atoms with E-state index in [9.17, 15) is 4.79 Å². The monoisotopic (exact) mass is 314 g/mol. The minimum Gasteiger partial charge on any atom is -0.491 e. The average Bonchev–Trinajstić information content (AvgIpc) is 2.55. The number of fused-ring (bicyclic) bond motifs is 1. The molecule has 0 fully saturated rings. The van der Waals surface area contributed by atoms with E-state index in [4.69, 9.17) is 14.2 Å². The predicted octanol–water partition coefficient (Wildman–Crippen LogP) is 3.66. The summed E-state index contributed by atoms with van der Waals surface area (Å²) in [5.41, 5.74) is 1.51. The fourth-order valence-corrected chi connectivity index (χ4v) is 2.19. The number of rotatable bonds is 8. The van der Waals surface area contributed by atoms with E-state index in [-0.39, 0.29) is 6.61 Å². The summed E-state index contributed by atoms with van der Waals surface area (Å²) in [5, 5.41) is 2.39. The van der Waals surface area contributed by atoms with Crippen molar-refractivity contribution in [2.24, 2.45) is 0 Å². The van der Waals surface area contributed by atoms with Gasteiger partial charge in [-0.3, -0.25) is 0 Å². The molecule has 23 heavy (non-hydrogen) atoms. The smallest absolute Gasteiger partial charge is 0.333 e. The van der Waals surface area contributed by atoms with E-state index in [1.165, 1.54) is 10.8 Å². The summed E-state index contributed by atoms with van der Waals surface area (Å²) < 4.78 is 16.1. The molecule has 122 valence electrons. The quantitative estimate of drug-likeness (QED) is 0.424. The summed E-state index contributed by atoms with van der Waals surface area (Å²) in [6.45, 7) is 8.64. The third-order valence-corrected chi connectivity index (χ3v) is 3.44. The highest BCUT2D eigenvalue weighted by Gasteiger charge is 2.04. The van der Waals surface area contributed by atoms with Crippen LogP contribution in [0.15, 0.2) is 48.6 Å². The lowest BCUT2D eigenvalue weighted by atomic mass is 10.1. The molecular weight excluding hydrogens is 292 g/mol. The zero-order valence-electron chi connectivity index (χ0n) is 13.6. The van der Waals surface area contributed by atoms with E-state index < -0.39 is 5.97 Å². The first kappa shape index (κ1) is 17.0. The van der Waals surface area contributed by atoms with Gasteiger partial charge in [0.05, 0.1) is 13.2 Å². The molecule has 4 heteroatoms. The van der Waals surface area contributed by atoms with Crippen LogP contribution in [-0.4, -0.2) is 32.4 Å². The molecule has 0 atom stereocenters. The van der Waals surface area contributed by atoms with Gasteiger partial charge in [0, 0.05) is 5.57 Å². The Labute approximate surface area is 136 Å². The van der Waals surface area contributed by atoms with Gasteiger partial charge in [0.1, 0.15) is 19.0 Å². The average molecular weight is 314 g/mol. The van der Waals surface area contributed by atoms with E-state index >= 15 is 0 Å². The normalized spacial score (nSPS) is 10.5. The van der Waals surface area contributed by atoms with Crippen LogP contribution in [0, 0.1) is 6.92 Å². The third kappa shape index (κ3) is 4.83. The first-order valence-corrected chi connectivity index (χ1v) is 7.61. The molecule has 0 unspecified atom stereocenters. The molecule has 0 saturated heterocycles. The zero-order valence-corrected chi connectivity index (χ0v) is 13.6. The van der Waals surface area contributed by atoms with Crippen LogP contribution in [-0.2, 0) is 14.3 Å². The number of carbonyl (C=O) groups is 1. The molecule has 0 heterocycles. The Hall–Kier alpha value is -2.33. The van der Waals surface area contributed by atoms with Gasteiger partial charge in [-0.1, -0.05) is 36.9 Å². The Kier molecular flexibility index (Phi) is 6.18. The molecule has 0 spiro atoms. The van der Waals surface area contributed by atoms with E-state index in [1.807, 2.05) is 18.2 Å². The Morgan fingerprint density at radius 2 is 1.78 bits per heavy atom. The number of hydrogen-bond donors (Lipinski definition) is 0. The standard InChI is InChI=1S/C19H22O4/c1-14(2)19(20)23-13-11-21-10-12-22-18-9-8-16-6-4-5-7-17(16)15(18)3/h4-9H,1,10-13H2,2-3H3. The maximum Gasteiger partial charge on any atom is 0.333 e. The van der Waals surface area contributed by atoms with Crippen molar-refractivity contribution in [2.45, 2.75) is 13.8 Å². The van der Waals surface area contributed by atoms with Crippen molar-refractivity contribution in [3.63, 3.8) is 0 Å². The summed E-state index contributed by atoms with van der Waals surface area (Å²) in [7, 11) is 0. The van der Waals surface area contributed by atoms with Gasteiger partial charge >= 0.3 is 5.97 Å². The minimum absolute atomic E-state index is 0.223. The molecular formula is C19H22O4. The maximum absolute atomic E-state index is 11.2. The zero-order chi connectivity index (χ0) is 16.7. The molecule has 2 rings (SSSR count). The lowest BCUT2D eigenvalue weighted by Gasteiger charge is -2.12. The summed E-state index contributed by atoms with van der Waals surface area (Å²) in [4.78, 5) is 11.2. The molecule has 0 aliphatic heterocycles. The van der Waals surface area contributed by atoms with Crippen LogP contribution < -0.4 is 4.74 Å². The van der Waals surface area contributed by atoms with Crippen molar-refractivity contribution in [1.29, 1.82) is 0 Å². The Balaban J connectivity index is 1.72. The Bertz CT molecular complexity index is 691. The van der Waals surface area contributed by atoms with Crippen molar-refractivity contribution < 1.29 is 19.0 Å². The summed E-state index contributed by atoms with van der Waals surface area (Å²) in [6, 6.07) is 12.2. The second-order valence-electron chi connectivity index (χ2n) is 5.29. The summed E-state index contributed by atoms with van der Waals surface area (Å²) in [5.74, 6) is 0.470. The van der Waals surface area contributed by atoms with Crippen molar-refractivity contribution >= 4 is 16.7 Å². The number of esters is 1. The van der Waals surface area contributed by atoms with Crippen LogP contribution in [0.4, 0.5) is 0 Å². The highest BCUT2D eigenvalue weighted by Crippen LogP contribution is 2.26. The van der Waals surface area contributed by atoms with Gasteiger partial charge in [-0.05, 0) is 36.2 Å². The fraction of sp³-hybridized carbons (Fsp3) is 0.316. The molecule has 0 aliphatic rings. The van der Waals surface area contributed by atoms with Crippen molar-refractivity contribution in [1.82, 2.24) is 0 Å². The second kappa shape index (κ2) is 8.34. The van der Waals surface area contributed by atoms with Gasteiger partial charge in [-0.2, -0.15) is 0 Å². The topological polar surface area (TPSA) is 44.8 Å². The van der Waals surface area contributed by atoms with Crippen molar-refractivity contribution in [3.05, 3.63) is 54.1 Å². The van der Waals surface area contributed by atoms with Crippen LogP contribution in [0.1, 0.15) is 12.5 Å². The van der Waals surface area contributed by atoms with Crippen molar-refractivity contribution in [3.8, 4) is 5.75 Å². The second-order valence-corrected chi connectivity index (χ2v) is 5.29. The number of carbonyl (C=O) groups excluding carboxylic acids is 1. The molecule has 0 bridgehead atoms. The Morgan fingerprint density at radius 3 is 2.57 bits per heavy atom. The van der Waals surface area contributed by atoms with Gasteiger partial charge in [-0.15, -0.1) is 0 Å². The predicted molar refractivity (Wildman–Crippen MR) is 90.8 cm³/mol. The number of aryl methyl sites for hydroxylation is 1. The highest BCUT2D eigenvalue weighted by atomic mass is 16.6. The molecule has 2 aromatic carbocycles. The SMILES string of the molecule is C=C(C)C(=O)OCCOCCOc1ccc2ccccc2c1C. The Morgan fingerprint density at radius 1 is 1.04 bits per heavy atom. The largest absolute Gasteiger partial charge is 0.491 e. The van der Waals surface area contributed by atoms with Crippen LogP contribution >= 0.6 is 0 Å². The minimum atomic E-state index is -0.392. The van der Waals surface area contributed by atoms with Gasteiger partial charge in [-0.25, -0.2) is 4.79 Å². The molecule has 0 N–H and O–H groups in total. The van der Waals surface area contributed by atoms with Gasteiger partial charge < -0.3 is 14.2 Å². The molecule has 2 aromatic rings. The van der Waals surface area contributed by atoms with E-state index in [0.717, 1.165) is 11.3 Å². The van der Waals surface area contributed by atoms with Gasteiger partial charge in [0.25, 0.3) is 0 Å². The molecule has 4 nitrogen and oxygen atoms in total. The lowest BCUT2D eigenvalue weighted by molar-refractivity contribution is -0.140. The maximum atomic E-state index is 11.2. The van der Waals surface area contributed by atoms with E-state index in [2.05, 4.69) is 31.7 Å². The first-order chi connectivity index (χ1) is 11.1. The lowest BCUT2D eigenvalue weighted by Crippen LogP contribution is -2.14. The van der Waals surface area contributed by atoms with Crippen LogP contribution in [0.3, 0.4) is 0 Å². The van der Waals surface area contributed by atoms with Gasteiger partial charge in [0.15, 0.2) is 0 Å². The number of benzene rings is 2. The molecule has 0 saturated carbocycles.